The Labute approximate surface area is 306 Å². The summed E-state index contributed by atoms with van der Waals surface area (Å²) in [6.07, 6.45) is 12.4. The number of carbonyl (C=O) groups excluding carboxylic acids is 1. The molecule has 0 aromatic heterocycles. The van der Waals surface area contributed by atoms with Gasteiger partial charge in [-0.15, -0.1) is 11.6 Å². The molecule has 0 saturated carbocycles. The zero-order valence-electron chi connectivity index (χ0n) is 28.9. The molecule has 1 aliphatic carbocycles. The van der Waals surface area contributed by atoms with E-state index in [-0.39, 0.29) is 33.9 Å². The molecular weight excluding hydrogens is 718 g/mol. The van der Waals surface area contributed by atoms with Gasteiger partial charge in [-0.2, -0.15) is 0 Å². The molecule has 3 aliphatic heterocycles. The molecule has 278 valence electrons. The van der Waals surface area contributed by atoms with E-state index in [4.69, 9.17) is 16.3 Å². The number of carboxylic acids is 1. The number of aromatic carboxylic acids is 1. The summed E-state index contributed by atoms with van der Waals surface area (Å²) >= 11 is 5.68. The van der Waals surface area contributed by atoms with Crippen molar-refractivity contribution in [1.82, 2.24) is 5.32 Å². The van der Waals surface area contributed by atoms with Crippen LogP contribution >= 0.6 is 19.0 Å². The fraction of sp³-hybridized carbons (Fsp3) is 0.447. The molecule has 1 amide bonds. The molecule has 6 rings (SSSR count). The lowest BCUT2D eigenvalue weighted by Crippen LogP contribution is -2.37. The van der Waals surface area contributed by atoms with E-state index in [9.17, 15) is 24.2 Å². The van der Waals surface area contributed by atoms with E-state index in [1.807, 2.05) is 9.48 Å². The average molecular weight is 761 g/mol. The lowest BCUT2D eigenvalue weighted by Gasteiger charge is -2.36. The highest BCUT2D eigenvalue weighted by atomic mass is 35.5. The number of alkyl halides is 1. The summed E-state index contributed by atoms with van der Waals surface area (Å²) in [5.74, 6) is -7.97. The molecule has 14 heteroatoms. The van der Waals surface area contributed by atoms with Crippen molar-refractivity contribution in [2.75, 3.05) is 56.7 Å². The number of halogens is 4. The van der Waals surface area contributed by atoms with Gasteiger partial charge >= 0.3 is 5.97 Å². The van der Waals surface area contributed by atoms with Gasteiger partial charge in [-0.1, -0.05) is 18.9 Å². The predicted octanol–water partition coefficient (Wildman–Crippen LogP) is 6.75. The SMILES string of the molecule is O=C(NCCCCCOCCCCCCCl)c1c(F)c(F)c(C(=O)O)c(C2=C3C=CC(=[N+]4CCC4)C=C3P(=O)(O)c3cc(N4CCC4)ccc32)c1F. The van der Waals surface area contributed by atoms with Gasteiger partial charge in [-0.05, 0) is 67.9 Å². The van der Waals surface area contributed by atoms with E-state index in [0.29, 0.717) is 49.8 Å². The van der Waals surface area contributed by atoms with Gasteiger partial charge in [0.15, 0.2) is 11.6 Å². The first-order valence-electron chi connectivity index (χ1n) is 17.9. The van der Waals surface area contributed by atoms with Crippen LogP contribution in [0.15, 0.2) is 47.3 Å². The standard InChI is InChI=1S/C38H42ClF3N3O6P/c39-14-4-1-2-6-20-51-21-7-3-5-15-43-37(46)33-34(40)31(32(38(47)48)35(41)36(33)42)30-26-12-10-24(44-16-8-17-44)22-28(26)52(49,50)29-23-25(11-13-27(29)30)45-18-9-19-45/h10-13,22-23H,1-9,14-21H2,(H2-,43,46,47,48,49,50)/p+1. The highest BCUT2D eigenvalue weighted by Crippen LogP contribution is 2.60. The number of ether oxygens (including phenoxy) is 1. The molecule has 2 aromatic rings. The van der Waals surface area contributed by atoms with Gasteiger partial charge in [0.2, 0.25) is 5.71 Å². The summed E-state index contributed by atoms with van der Waals surface area (Å²) in [7, 11) is -4.38. The second kappa shape index (κ2) is 16.5. The van der Waals surface area contributed by atoms with Crippen molar-refractivity contribution in [2.24, 2.45) is 0 Å². The first kappa shape index (κ1) is 38.0. The molecule has 0 radical (unpaired) electrons. The molecule has 0 spiro atoms. The minimum absolute atomic E-state index is 0.00412. The molecule has 2 aromatic carbocycles. The Hall–Kier alpha value is -3.70. The van der Waals surface area contributed by atoms with Crippen molar-refractivity contribution < 1.29 is 46.6 Å². The molecule has 2 fully saturated rings. The number of allylic oxidation sites excluding steroid dienone is 5. The zero-order chi connectivity index (χ0) is 37.0. The number of amides is 1. The third-order valence-corrected chi connectivity index (χ3v) is 12.3. The third-order valence-electron chi connectivity index (χ3n) is 10.0. The summed E-state index contributed by atoms with van der Waals surface area (Å²) in [6, 6.07) is 4.66. The van der Waals surface area contributed by atoms with Gasteiger partial charge in [0.25, 0.3) is 13.3 Å². The molecule has 0 bridgehead atoms. The Bertz CT molecular complexity index is 1930. The smallest absolute Gasteiger partial charge is 0.339 e. The van der Waals surface area contributed by atoms with Gasteiger partial charge in [-0.3, -0.25) is 9.36 Å². The number of nitrogens with one attached hydrogen (secondary N) is 1. The van der Waals surface area contributed by atoms with Gasteiger partial charge in [0.05, 0.1) is 17.0 Å². The second-order valence-electron chi connectivity index (χ2n) is 13.4. The number of anilines is 1. The first-order valence-corrected chi connectivity index (χ1v) is 20.1. The maximum Gasteiger partial charge on any atom is 0.339 e. The molecule has 1 unspecified atom stereocenters. The van der Waals surface area contributed by atoms with Crippen LogP contribution in [0.3, 0.4) is 0 Å². The van der Waals surface area contributed by atoms with Crippen LogP contribution in [0.5, 0.6) is 0 Å². The molecule has 3 N–H and O–H groups in total. The minimum atomic E-state index is -4.38. The fourth-order valence-electron chi connectivity index (χ4n) is 6.90. The summed E-state index contributed by atoms with van der Waals surface area (Å²) in [5, 5.41) is 12.5. The summed E-state index contributed by atoms with van der Waals surface area (Å²) < 4.78 is 70.2. The van der Waals surface area contributed by atoms with Gasteiger partial charge < -0.3 is 25.0 Å². The van der Waals surface area contributed by atoms with Gasteiger partial charge in [-0.25, -0.2) is 22.5 Å². The topological polar surface area (TPSA) is 119 Å². The molecule has 4 aliphatic rings. The predicted molar refractivity (Wildman–Crippen MR) is 195 cm³/mol. The lowest BCUT2D eigenvalue weighted by molar-refractivity contribution is -0.582. The average Bonchev–Trinajstić information content (AvgIpc) is 3.06. The van der Waals surface area contributed by atoms with Crippen molar-refractivity contribution >= 4 is 53.1 Å². The molecule has 2 saturated heterocycles. The highest BCUT2D eigenvalue weighted by Gasteiger charge is 2.44. The number of nitrogens with zero attached hydrogens (tertiary/aromatic N) is 2. The Morgan fingerprint density at radius 1 is 0.923 bits per heavy atom. The summed E-state index contributed by atoms with van der Waals surface area (Å²) in [4.78, 5) is 39.6. The Morgan fingerprint density at radius 2 is 1.62 bits per heavy atom. The van der Waals surface area contributed by atoms with E-state index in [0.717, 1.165) is 64.7 Å². The van der Waals surface area contributed by atoms with E-state index >= 15 is 13.2 Å². The normalized spacial score (nSPS) is 19.2. The summed E-state index contributed by atoms with van der Waals surface area (Å²) in [6.45, 7) is 4.10. The van der Waals surface area contributed by atoms with Gasteiger partial charge in [0, 0.05) is 67.7 Å². The van der Waals surface area contributed by atoms with E-state index in [1.54, 1.807) is 12.1 Å². The number of hydrogen-bond acceptors (Lipinski definition) is 5. The van der Waals surface area contributed by atoms with Crippen LogP contribution in [0, 0.1) is 17.5 Å². The van der Waals surface area contributed by atoms with Crippen LogP contribution in [0.1, 0.15) is 89.6 Å². The second-order valence-corrected chi connectivity index (χ2v) is 15.9. The van der Waals surface area contributed by atoms with Crippen LogP contribution in [0.25, 0.3) is 5.57 Å². The molecular formula is C38H43ClF3N3O6P+. The third kappa shape index (κ3) is 7.53. The van der Waals surface area contributed by atoms with Crippen LogP contribution in [0.4, 0.5) is 18.9 Å². The molecule has 52 heavy (non-hydrogen) atoms. The van der Waals surface area contributed by atoms with Crippen LogP contribution in [0.2, 0.25) is 0 Å². The summed E-state index contributed by atoms with van der Waals surface area (Å²) in [5.41, 5.74) is -2.37. The van der Waals surface area contributed by atoms with Crippen LogP contribution in [-0.2, 0) is 9.30 Å². The quantitative estimate of drug-likeness (QED) is 0.0570. The minimum Gasteiger partial charge on any atom is -0.478 e. The van der Waals surface area contributed by atoms with Crippen LogP contribution < -0.4 is 15.5 Å². The zero-order valence-corrected chi connectivity index (χ0v) is 30.5. The monoisotopic (exact) mass is 760 g/mol. The van der Waals surface area contributed by atoms with Crippen molar-refractivity contribution in [3.63, 3.8) is 0 Å². The first-order chi connectivity index (χ1) is 25.1. The number of hydrogen-bond donors (Lipinski definition) is 3. The van der Waals surface area contributed by atoms with Crippen molar-refractivity contribution in [2.45, 2.75) is 57.8 Å². The Kier molecular flexibility index (Phi) is 12.1. The Balaban J connectivity index is 1.33. The number of rotatable bonds is 16. The van der Waals surface area contributed by atoms with Crippen molar-refractivity contribution in [1.29, 1.82) is 0 Å². The van der Waals surface area contributed by atoms with Gasteiger partial charge in [0.1, 0.15) is 30.0 Å². The number of carbonyl (C=O) groups is 2. The largest absolute Gasteiger partial charge is 0.478 e. The van der Waals surface area contributed by atoms with E-state index in [2.05, 4.69) is 5.32 Å². The number of benzene rings is 2. The maximum atomic E-state index is 16.8. The van der Waals surface area contributed by atoms with Crippen molar-refractivity contribution in [3.8, 4) is 0 Å². The number of unbranched alkanes of at least 4 members (excludes halogenated alkanes) is 5. The highest BCUT2D eigenvalue weighted by molar-refractivity contribution is 7.71. The lowest BCUT2D eigenvalue weighted by atomic mass is 9.85. The van der Waals surface area contributed by atoms with Crippen molar-refractivity contribution in [3.05, 3.63) is 87.0 Å². The van der Waals surface area contributed by atoms with E-state index in [1.165, 1.54) is 24.3 Å². The molecule has 9 nitrogen and oxygen atoms in total. The Morgan fingerprint density at radius 3 is 2.25 bits per heavy atom. The van der Waals surface area contributed by atoms with Crippen LogP contribution in [-0.4, -0.2) is 84.0 Å². The fourth-order valence-corrected chi connectivity index (χ4v) is 8.99. The maximum absolute atomic E-state index is 16.8. The number of fused-ring (bicyclic) bond motifs is 2. The molecule has 1 atom stereocenters. The molecule has 3 heterocycles. The van der Waals surface area contributed by atoms with E-state index < -0.39 is 53.4 Å². The number of carboxylic acid groups (broad SMARTS) is 1.